The molecule has 0 spiro atoms. The van der Waals surface area contributed by atoms with Crippen molar-refractivity contribution in [2.24, 2.45) is 0 Å². The predicted octanol–water partition coefficient (Wildman–Crippen LogP) is 3.25. The van der Waals surface area contributed by atoms with E-state index in [1.54, 1.807) is 12.3 Å². The first-order chi connectivity index (χ1) is 10.7. The lowest BCUT2D eigenvalue weighted by Crippen LogP contribution is -2.14. The average Bonchev–Trinajstić information content (AvgIpc) is 2.51. The second-order valence-corrected chi connectivity index (χ2v) is 5.01. The van der Waals surface area contributed by atoms with Crippen molar-refractivity contribution in [2.45, 2.75) is 32.8 Å². The molecule has 0 radical (unpaired) electrons. The largest absolute Gasteiger partial charge is 0.497 e. The lowest BCUT2D eigenvalue weighted by Gasteiger charge is -2.09. The molecule has 0 fully saturated rings. The maximum Gasteiger partial charge on any atom is 0.163 e. The van der Waals surface area contributed by atoms with E-state index >= 15 is 0 Å². The number of rotatable bonds is 1. The van der Waals surface area contributed by atoms with Crippen LogP contribution in [-0.4, -0.2) is 32.2 Å². The fourth-order valence-corrected chi connectivity index (χ4v) is 1.64. The van der Waals surface area contributed by atoms with Crippen LogP contribution in [0.15, 0.2) is 48.0 Å². The minimum atomic E-state index is -0.629. The van der Waals surface area contributed by atoms with Gasteiger partial charge in [0.2, 0.25) is 0 Å². The maximum atomic E-state index is 11.0. The Morgan fingerprint density at radius 3 is 2.91 bits per heavy atom. The highest BCUT2D eigenvalue weighted by Crippen LogP contribution is 2.07. The van der Waals surface area contributed by atoms with Gasteiger partial charge in [-0.2, -0.15) is 4.89 Å². The Morgan fingerprint density at radius 2 is 2.09 bits per heavy atom. The van der Waals surface area contributed by atoms with Gasteiger partial charge in [0.05, 0.1) is 19.5 Å². The number of carbonyl (C=O) groups excluding carboxylic acids is 1. The van der Waals surface area contributed by atoms with E-state index in [9.17, 15) is 4.79 Å². The molecule has 0 unspecified atom stereocenters. The number of aldehydes is 1. The molecule has 0 N–H and O–H groups in total. The van der Waals surface area contributed by atoms with Crippen LogP contribution in [0.4, 0.5) is 0 Å². The van der Waals surface area contributed by atoms with Gasteiger partial charge in [-0.05, 0) is 38.0 Å². The van der Waals surface area contributed by atoms with E-state index in [0.29, 0.717) is 26.2 Å². The van der Waals surface area contributed by atoms with E-state index < -0.39 is 6.10 Å². The summed E-state index contributed by atoms with van der Waals surface area (Å²) in [4.78, 5) is 20.9. The van der Waals surface area contributed by atoms with Gasteiger partial charge in [-0.1, -0.05) is 17.7 Å². The van der Waals surface area contributed by atoms with Crippen LogP contribution < -0.4 is 0 Å². The van der Waals surface area contributed by atoms with Crippen molar-refractivity contribution in [2.75, 3.05) is 19.8 Å². The number of hydrogen-bond acceptors (Lipinski definition) is 5. The summed E-state index contributed by atoms with van der Waals surface area (Å²) in [5.41, 5.74) is 2.05. The molecule has 1 rings (SSSR count). The van der Waals surface area contributed by atoms with E-state index in [1.165, 1.54) is 6.26 Å². The lowest BCUT2D eigenvalue weighted by molar-refractivity contribution is -0.271. The Kier molecular flexibility index (Phi) is 9.74. The second kappa shape index (κ2) is 11.8. The molecule has 0 saturated carbocycles. The Morgan fingerprint density at radius 1 is 1.23 bits per heavy atom. The summed E-state index contributed by atoms with van der Waals surface area (Å²) in [5, 5.41) is 0. The summed E-state index contributed by atoms with van der Waals surface area (Å²) >= 11 is 0. The lowest BCUT2D eigenvalue weighted by atomic mass is 10.1. The summed E-state index contributed by atoms with van der Waals surface area (Å²) in [6, 6.07) is 0. The molecular weight excluding hydrogens is 284 g/mol. The van der Waals surface area contributed by atoms with Crippen LogP contribution in [0.2, 0.25) is 0 Å². The SMILES string of the molecule is C/C1=C/C=C/OO[C@H](C=O)C/C(C)=C/COCC/C=C/OC1. The van der Waals surface area contributed by atoms with E-state index in [4.69, 9.17) is 19.2 Å². The fraction of sp³-hybridized carbons (Fsp3) is 0.471. The molecule has 0 aromatic heterocycles. The molecule has 0 saturated heterocycles. The molecule has 0 amide bonds. The zero-order chi connectivity index (χ0) is 16.0. The molecule has 0 aliphatic carbocycles. The summed E-state index contributed by atoms with van der Waals surface area (Å²) in [5.74, 6) is 0. The van der Waals surface area contributed by atoms with E-state index in [0.717, 1.165) is 23.9 Å². The molecule has 5 heteroatoms. The Hall–Kier alpha value is -1.85. The Labute approximate surface area is 131 Å². The van der Waals surface area contributed by atoms with Gasteiger partial charge in [0.15, 0.2) is 12.4 Å². The van der Waals surface area contributed by atoms with Crippen molar-refractivity contribution in [3.8, 4) is 0 Å². The Balaban J connectivity index is 2.59. The monoisotopic (exact) mass is 308 g/mol. The molecule has 0 aromatic rings. The topological polar surface area (TPSA) is 54.0 Å². The van der Waals surface area contributed by atoms with Crippen molar-refractivity contribution in [3.05, 3.63) is 48.0 Å². The standard InChI is InChI=1S/C17H24O5/c1-15-7-11-19-8-3-4-9-20-14-16(2)6-5-10-21-22-17(12-15)13-18/h4-7,9-10,13,17H,3,8,11-12,14H2,1-2H3/b9-4+,10-5+,15-7+,16-6-/t17-/m0/s1. The number of hydrogen-bond donors (Lipinski definition) is 0. The number of ether oxygens (including phenoxy) is 2. The highest BCUT2D eigenvalue weighted by molar-refractivity contribution is 5.56. The third kappa shape index (κ3) is 9.15. The van der Waals surface area contributed by atoms with Crippen LogP contribution in [0, 0.1) is 0 Å². The van der Waals surface area contributed by atoms with Gasteiger partial charge in [0.25, 0.3) is 0 Å². The minimum absolute atomic E-state index is 0.476. The molecular formula is C17H24O5. The van der Waals surface area contributed by atoms with Crippen molar-refractivity contribution in [3.63, 3.8) is 0 Å². The first kappa shape index (κ1) is 18.2. The van der Waals surface area contributed by atoms with Gasteiger partial charge in [-0.3, -0.25) is 0 Å². The quantitative estimate of drug-likeness (QED) is 0.423. The van der Waals surface area contributed by atoms with Gasteiger partial charge >= 0.3 is 0 Å². The molecule has 22 heavy (non-hydrogen) atoms. The minimum Gasteiger partial charge on any atom is -0.497 e. The van der Waals surface area contributed by atoms with Crippen molar-refractivity contribution < 1.29 is 24.0 Å². The molecule has 1 atom stereocenters. The Bertz CT molecular complexity index is 434. The van der Waals surface area contributed by atoms with Crippen LogP contribution in [-0.2, 0) is 24.0 Å². The normalized spacial score (nSPS) is 30.0. The zero-order valence-electron chi connectivity index (χ0n) is 13.2. The van der Waals surface area contributed by atoms with Crippen molar-refractivity contribution in [1.82, 2.24) is 0 Å². The molecule has 1 aliphatic heterocycles. The van der Waals surface area contributed by atoms with E-state index in [2.05, 4.69) is 0 Å². The summed E-state index contributed by atoms with van der Waals surface area (Å²) in [7, 11) is 0. The van der Waals surface area contributed by atoms with Crippen LogP contribution in [0.5, 0.6) is 0 Å². The summed E-state index contributed by atoms with van der Waals surface area (Å²) < 4.78 is 10.8. The van der Waals surface area contributed by atoms with Crippen LogP contribution in [0.3, 0.4) is 0 Å². The van der Waals surface area contributed by atoms with Gasteiger partial charge < -0.3 is 19.2 Å². The fourth-order valence-electron chi connectivity index (χ4n) is 1.64. The van der Waals surface area contributed by atoms with Gasteiger partial charge in [-0.25, -0.2) is 0 Å². The maximum absolute atomic E-state index is 11.0. The summed E-state index contributed by atoms with van der Waals surface area (Å²) in [6.45, 7) is 5.51. The molecule has 0 aromatic carbocycles. The van der Waals surface area contributed by atoms with Gasteiger partial charge in [0, 0.05) is 6.42 Å². The van der Waals surface area contributed by atoms with E-state index in [-0.39, 0.29) is 0 Å². The highest BCUT2D eigenvalue weighted by Gasteiger charge is 2.09. The van der Waals surface area contributed by atoms with Crippen molar-refractivity contribution in [1.29, 1.82) is 0 Å². The summed E-state index contributed by atoms with van der Waals surface area (Å²) in [6.07, 6.45) is 11.9. The van der Waals surface area contributed by atoms with Crippen LogP contribution in [0.1, 0.15) is 26.7 Å². The van der Waals surface area contributed by atoms with Gasteiger partial charge in [0.1, 0.15) is 12.9 Å². The molecule has 0 bridgehead atoms. The third-order valence-corrected chi connectivity index (χ3v) is 2.85. The number of allylic oxidation sites excluding steroid dienone is 2. The van der Waals surface area contributed by atoms with Crippen molar-refractivity contribution >= 4 is 6.29 Å². The average molecular weight is 308 g/mol. The molecule has 1 heterocycles. The van der Waals surface area contributed by atoms with Crippen LogP contribution >= 0.6 is 0 Å². The van der Waals surface area contributed by atoms with Crippen LogP contribution in [0.25, 0.3) is 0 Å². The number of carbonyl (C=O) groups is 1. The molecule has 122 valence electrons. The first-order valence-electron chi connectivity index (χ1n) is 7.32. The molecule has 5 nitrogen and oxygen atoms in total. The predicted molar refractivity (Wildman–Crippen MR) is 83.8 cm³/mol. The zero-order valence-corrected chi connectivity index (χ0v) is 13.2. The second-order valence-electron chi connectivity index (χ2n) is 5.01. The van der Waals surface area contributed by atoms with Gasteiger partial charge in [-0.15, -0.1) is 0 Å². The highest BCUT2D eigenvalue weighted by atomic mass is 17.2. The smallest absolute Gasteiger partial charge is 0.163 e. The third-order valence-electron chi connectivity index (χ3n) is 2.85. The first-order valence-corrected chi connectivity index (χ1v) is 7.32. The molecule has 1 aliphatic rings. The van der Waals surface area contributed by atoms with E-state index in [1.807, 2.05) is 32.1 Å².